The molecule has 0 spiro atoms. The highest BCUT2D eigenvalue weighted by atomic mass is 31.2. The van der Waals surface area contributed by atoms with Gasteiger partial charge in [0, 0.05) is 30.6 Å². The molecule has 3 rings (SSSR count). The van der Waals surface area contributed by atoms with Crippen LogP contribution in [0.2, 0.25) is 0 Å². The molecular weight excluding hydrogens is 439 g/mol. The Kier molecular flexibility index (Phi) is 7.71. The van der Waals surface area contributed by atoms with Crippen LogP contribution in [0.5, 0.6) is 0 Å². The summed E-state index contributed by atoms with van der Waals surface area (Å²) < 4.78 is 23.6. The number of nitrogens with one attached hydrogen (secondary N) is 1. The van der Waals surface area contributed by atoms with Crippen molar-refractivity contribution >= 4 is 36.4 Å². The smallest absolute Gasteiger partial charge is 0.359 e. The van der Waals surface area contributed by atoms with Crippen molar-refractivity contribution in [3.63, 3.8) is 0 Å². The summed E-state index contributed by atoms with van der Waals surface area (Å²) in [4.78, 5) is 47.6. The van der Waals surface area contributed by atoms with Crippen molar-refractivity contribution in [3.05, 3.63) is 24.3 Å². The Labute approximate surface area is 186 Å². The van der Waals surface area contributed by atoms with E-state index in [0.29, 0.717) is 12.1 Å². The molecule has 1 aromatic carbocycles. The van der Waals surface area contributed by atoms with Gasteiger partial charge < -0.3 is 24.6 Å². The van der Waals surface area contributed by atoms with E-state index < -0.39 is 31.6 Å². The third-order valence-corrected chi connectivity index (χ3v) is 7.74. The molecule has 0 aliphatic carbocycles. The fraction of sp³-hybridized carbons (Fsp3) is 0.571. The van der Waals surface area contributed by atoms with Crippen molar-refractivity contribution in [3.8, 4) is 0 Å². The minimum Gasteiger partial charge on any atom is -0.481 e. The summed E-state index contributed by atoms with van der Waals surface area (Å²) in [6.07, 6.45) is 1.61. The Hall–Kier alpha value is -2.26. The summed E-state index contributed by atoms with van der Waals surface area (Å²) in [6.45, 7) is 0. The van der Waals surface area contributed by atoms with Crippen molar-refractivity contribution in [1.82, 2.24) is 4.90 Å². The van der Waals surface area contributed by atoms with Crippen molar-refractivity contribution in [2.45, 2.75) is 56.7 Å². The van der Waals surface area contributed by atoms with Crippen LogP contribution in [0.4, 0.5) is 5.69 Å². The zero-order chi connectivity index (χ0) is 23.5. The van der Waals surface area contributed by atoms with Gasteiger partial charge in [0.15, 0.2) is 0 Å². The number of carboxylic acid groups (broad SMARTS) is 1. The molecule has 32 heavy (non-hydrogen) atoms. The van der Waals surface area contributed by atoms with Gasteiger partial charge >= 0.3 is 19.5 Å². The molecule has 10 nitrogen and oxygen atoms in total. The summed E-state index contributed by atoms with van der Waals surface area (Å²) in [5.41, 5.74) is 0.416. The summed E-state index contributed by atoms with van der Waals surface area (Å²) in [6, 6.07) is 5.84. The van der Waals surface area contributed by atoms with Crippen molar-refractivity contribution in [2.75, 3.05) is 19.5 Å². The van der Waals surface area contributed by atoms with Gasteiger partial charge in [-0.3, -0.25) is 23.8 Å². The quantitative estimate of drug-likeness (QED) is 0.365. The topological polar surface area (TPSA) is 142 Å². The molecule has 2 bridgehead atoms. The Bertz CT molecular complexity index is 906. The van der Waals surface area contributed by atoms with E-state index in [2.05, 4.69) is 10.2 Å². The Morgan fingerprint density at radius 3 is 2.50 bits per heavy atom. The lowest BCUT2D eigenvalue weighted by Gasteiger charge is -2.41. The summed E-state index contributed by atoms with van der Waals surface area (Å²) >= 11 is 0. The highest BCUT2D eigenvalue weighted by molar-refractivity contribution is 7.61. The average Bonchev–Trinajstić information content (AvgIpc) is 2.96. The van der Waals surface area contributed by atoms with Crippen LogP contribution in [-0.2, 0) is 28.2 Å². The van der Waals surface area contributed by atoms with Crippen LogP contribution in [0.15, 0.2) is 24.3 Å². The van der Waals surface area contributed by atoms with Crippen LogP contribution in [0.1, 0.15) is 38.5 Å². The number of hydrogen-bond donors (Lipinski definition) is 3. The predicted molar refractivity (Wildman–Crippen MR) is 116 cm³/mol. The Morgan fingerprint density at radius 2 is 1.88 bits per heavy atom. The van der Waals surface area contributed by atoms with Gasteiger partial charge in [0.2, 0.25) is 5.91 Å². The molecule has 0 aromatic heterocycles. The number of piperidine rings is 1. The number of carbonyl (C=O) groups excluding carboxylic acids is 2. The molecule has 3 N–H and O–H groups in total. The fourth-order valence-electron chi connectivity index (χ4n) is 4.58. The minimum absolute atomic E-state index is 0.0521. The molecule has 2 saturated heterocycles. The molecule has 5 atom stereocenters. The number of methoxy groups -OCH3 is 1. The largest absolute Gasteiger partial charge is 0.481 e. The van der Waals surface area contributed by atoms with E-state index in [1.807, 2.05) is 7.05 Å². The van der Waals surface area contributed by atoms with Gasteiger partial charge in [-0.2, -0.15) is 0 Å². The van der Waals surface area contributed by atoms with Crippen LogP contribution >= 0.6 is 7.60 Å². The highest BCUT2D eigenvalue weighted by Crippen LogP contribution is 2.49. The zero-order valence-corrected chi connectivity index (χ0v) is 19.0. The average molecular weight is 468 g/mol. The number of fused-ring (bicyclic) bond motifs is 2. The van der Waals surface area contributed by atoms with E-state index >= 15 is 0 Å². The van der Waals surface area contributed by atoms with Gasteiger partial charge in [-0.1, -0.05) is 0 Å². The second-order valence-corrected chi connectivity index (χ2v) is 10.0. The van der Waals surface area contributed by atoms with Crippen LogP contribution < -0.4 is 10.6 Å². The van der Waals surface area contributed by atoms with Gasteiger partial charge in [-0.05, 0) is 57.0 Å². The van der Waals surface area contributed by atoms with Crippen LogP contribution in [0.25, 0.3) is 0 Å². The maximum atomic E-state index is 13.0. The van der Waals surface area contributed by atoms with Crippen LogP contribution in [0.3, 0.4) is 0 Å². The molecule has 176 valence electrons. The lowest BCUT2D eigenvalue weighted by atomic mass is 9.88. The van der Waals surface area contributed by atoms with Crippen molar-refractivity contribution in [2.24, 2.45) is 5.92 Å². The molecule has 1 aromatic rings. The predicted octanol–water partition coefficient (Wildman–Crippen LogP) is 1.73. The number of anilines is 1. The molecule has 2 fully saturated rings. The normalized spacial score (nSPS) is 26.8. The fourth-order valence-corrected chi connectivity index (χ4v) is 5.81. The molecule has 11 heteroatoms. The molecule has 1 amide bonds. The first-order chi connectivity index (χ1) is 15.1. The standard InChI is InChI=1S/C21H29N2O8P/c1-23-14-8-11-16(23)20(21(27)30-2)17(12-14)31-32(28,29)15-9-6-13(7-10-15)22-18(24)4-3-5-19(25)26/h6-7,9-10,14,16-17,20H,3-5,8,11-12H2,1-2H3,(H,22,24)(H,25,26)(H,28,29)/t14-,16+,17-,20+/m0/s1. The third kappa shape index (κ3) is 5.56. The maximum absolute atomic E-state index is 13.0. The number of benzene rings is 1. The summed E-state index contributed by atoms with van der Waals surface area (Å²) in [7, 11) is -0.987. The zero-order valence-electron chi connectivity index (χ0n) is 18.1. The van der Waals surface area contributed by atoms with Gasteiger partial charge in [0.1, 0.15) is 0 Å². The third-order valence-electron chi connectivity index (χ3n) is 6.24. The van der Waals surface area contributed by atoms with E-state index in [-0.39, 0.29) is 42.6 Å². The molecule has 2 heterocycles. The van der Waals surface area contributed by atoms with E-state index in [1.54, 1.807) is 0 Å². The first-order valence-corrected chi connectivity index (χ1v) is 12.1. The number of rotatable bonds is 9. The molecular formula is C21H29N2O8P. The van der Waals surface area contributed by atoms with E-state index in [9.17, 15) is 23.8 Å². The van der Waals surface area contributed by atoms with Crippen LogP contribution in [-0.4, -0.2) is 65.1 Å². The number of nitrogens with zero attached hydrogens (tertiary/aromatic N) is 1. The first-order valence-electron chi connectivity index (χ1n) is 10.6. The molecule has 1 unspecified atom stereocenters. The lowest BCUT2D eigenvalue weighted by molar-refractivity contribution is -0.154. The summed E-state index contributed by atoms with van der Waals surface area (Å²) in [5.74, 6) is -2.40. The second kappa shape index (κ2) is 10.1. The molecule has 0 saturated carbocycles. The minimum atomic E-state index is -4.23. The highest BCUT2D eigenvalue weighted by Gasteiger charge is 2.51. The number of hydrogen-bond acceptors (Lipinski definition) is 7. The number of ether oxygens (including phenoxy) is 1. The van der Waals surface area contributed by atoms with E-state index in [0.717, 1.165) is 12.8 Å². The van der Waals surface area contributed by atoms with Crippen molar-refractivity contribution in [1.29, 1.82) is 0 Å². The SMILES string of the molecule is COC(=O)[C@H]1[C@@H](OP(=O)(O)c2ccc(NC(=O)CCCC(=O)O)cc2)C[C@@H]2CC[C@H]1N2C. The Balaban J connectivity index is 1.66. The van der Waals surface area contributed by atoms with Gasteiger partial charge in [-0.25, -0.2) is 0 Å². The molecule has 2 aliphatic heterocycles. The number of aliphatic carboxylic acids is 1. The maximum Gasteiger partial charge on any atom is 0.359 e. The number of esters is 1. The second-order valence-electron chi connectivity index (χ2n) is 8.26. The molecule has 0 radical (unpaired) electrons. The molecule has 2 aliphatic rings. The number of carbonyl (C=O) groups is 3. The van der Waals surface area contributed by atoms with Gasteiger partial charge in [0.25, 0.3) is 0 Å². The van der Waals surface area contributed by atoms with Gasteiger partial charge in [0.05, 0.1) is 24.4 Å². The monoisotopic (exact) mass is 468 g/mol. The lowest BCUT2D eigenvalue weighted by Crippen LogP contribution is -2.53. The van der Waals surface area contributed by atoms with Crippen LogP contribution in [0, 0.1) is 5.92 Å². The number of carboxylic acids is 1. The first kappa shape index (κ1) is 24.4. The Morgan fingerprint density at radius 1 is 1.19 bits per heavy atom. The van der Waals surface area contributed by atoms with Crippen molar-refractivity contribution < 1.29 is 38.2 Å². The summed E-state index contributed by atoms with van der Waals surface area (Å²) in [5, 5.41) is 11.3. The van der Waals surface area contributed by atoms with Gasteiger partial charge in [-0.15, -0.1) is 0 Å². The van der Waals surface area contributed by atoms with E-state index in [4.69, 9.17) is 14.4 Å². The number of amides is 1. The van der Waals surface area contributed by atoms with E-state index in [1.165, 1.54) is 31.4 Å².